The van der Waals surface area contributed by atoms with Crippen LogP contribution >= 0.6 is 15.9 Å². The maximum atomic E-state index is 13.5. The second kappa shape index (κ2) is 14.3. The number of nitrogens with one attached hydrogen (secondary N) is 1. The number of carbonyl (C=O) groups is 2. The first-order chi connectivity index (χ1) is 17.5. The summed E-state index contributed by atoms with van der Waals surface area (Å²) in [5.74, 6) is 1.25. The Bertz CT molecular complexity index is 1090. The van der Waals surface area contributed by atoms with Gasteiger partial charge in [-0.3, -0.25) is 9.59 Å². The summed E-state index contributed by atoms with van der Waals surface area (Å²) in [4.78, 5) is 28.4. The van der Waals surface area contributed by atoms with Crippen LogP contribution in [0.1, 0.15) is 30.9 Å². The zero-order valence-corrected chi connectivity index (χ0v) is 22.4. The molecule has 3 aromatic rings. The van der Waals surface area contributed by atoms with Crippen molar-refractivity contribution in [2.45, 2.75) is 38.8 Å². The van der Waals surface area contributed by atoms with E-state index in [1.807, 2.05) is 85.8 Å². The molecule has 36 heavy (non-hydrogen) atoms. The second-order valence-corrected chi connectivity index (χ2v) is 9.29. The zero-order chi connectivity index (χ0) is 25.8. The Labute approximate surface area is 221 Å². The van der Waals surface area contributed by atoms with Gasteiger partial charge in [-0.1, -0.05) is 58.4 Å². The second-order valence-electron chi connectivity index (χ2n) is 8.38. The topological polar surface area (TPSA) is 67.9 Å². The predicted molar refractivity (Wildman–Crippen MR) is 145 cm³/mol. The molecule has 0 aromatic heterocycles. The molecule has 7 heteroatoms. The molecule has 0 bridgehead atoms. The van der Waals surface area contributed by atoms with E-state index in [2.05, 4.69) is 21.2 Å². The molecule has 3 rings (SSSR count). The molecule has 1 unspecified atom stereocenters. The Morgan fingerprint density at radius 3 is 2.22 bits per heavy atom. The number of amides is 2. The molecule has 0 fully saturated rings. The highest BCUT2D eigenvalue weighted by Gasteiger charge is 2.29. The number of benzene rings is 3. The van der Waals surface area contributed by atoms with Gasteiger partial charge in [0, 0.05) is 30.4 Å². The van der Waals surface area contributed by atoms with Gasteiger partial charge < -0.3 is 19.7 Å². The van der Waals surface area contributed by atoms with Crippen LogP contribution in [0.5, 0.6) is 11.5 Å². The monoisotopic (exact) mass is 552 g/mol. The summed E-state index contributed by atoms with van der Waals surface area (Å²) >= 11 is 3.46. The number of methoxy groups -OCH3 is 1. The minimum Gasteiger partial charge on any atom is -0.497 e. The molecular weight excluding hydrogens is 520 g/mol. The molecule has 0 radical (unpaired) electrons. The smallest absolute Gasteiger partial charge is 0.243 e. The molecule has 190 valence electrons. The van der Waals surface area contributed by atoms with Gasteiger partial charge in [-0.15, -0.1) is 0 Å². The first kappa shape index (κ1) is 27.3. The van der Waals surface area contributed by atoms with Crippen LogP contribution in [0.2, 0.25) is 0 Å². The van der Waals surface area contributed by atoms with Crippen LogP contribution < -0.4 is 14.8 Å². The van der Waals surface area contributed by atoms with Gasteiger partial charge in [0.2, 0.25) is 11.8 Å². The lowest BCUT2D eigenvalue weighted by molar-refractivity contribution is -0.141. The Kier molecular flexibility index (Phi) is 10.8. The number of nitrogens with zero attached hydrogens (tertiary/aromatic N) is 1. The van der Waals surface area contributed by atoms with E-state index >= 15 is 0 Å². The van der Waals surface area contributed by atoms with Crippen LogP contribution in [0, 0.1) is 0 Å². The fraction of sp³-hybridized carbons (Fsp3) is 0.310. The number of halogens is 1. The lowest BCUT2D eigenvalue weighted by Gasteiger charge is -2.31. The van der Waals surface area contributed by atoms with Gasteiger partial charge in [0.1, 0.15) is 17.5 Å². The quantitative estimate of drug-likeness (QED) is 0.288. The lowest BCUT2D eigenvalue weighted by atomic mass is 10.0. The first-order valence-electron chi connectivity index (χ1n) is 12.1. The number of carbonyl (C=O) groups excluding carboxylic acids is 2. The van der Waals surface area contributed by atoms with Crippen molar-refractivity contribution >= 4 is 27.7 Å². The minimum absolute atomic E-state index is 0.0802. The average Bonchev–Trinajstić information content (AvgIpc) is 2.90. The van der Waals surface area contributed by atoms with Crippen LogP contribution in [0.25, 0.3) is 0 Å². The summed E-state index contributed by atoms with van der Waals surface area (Å²) in [6, 6.07) is 24.3. The molecule has 0 spiro atoms. The molecule has 0 aliphatic carbocycles. The van der Waals surface area contributed by atoms with Crippen molar-refractivity contribution in [1.82, 2.24) is 10.2 Å². The fourth-order valence-electron chi connectivity index (χ4n) is 3.86. The summed E-state index contributed by atoms with van der Waals surface area (Å²) in [5, 5.41) is 2.92. The predicted octanol–water partition coefficient (Wildman–Crippen LogP) is 5.39. The van der Waals surface area contributed by atoms with Gasteiger partial charge in [-0.2, -0.15) is 0 Å². The number of likely N-dealkylation sites (N-methyl/N-ethyl adjacent to an activating group) is 1. The maximum absolute atomic E-state index is 13.5. The van der Waals surface area contributed by atoms with Gasteiger partial charge in [-0.25, -0.2) is 0 Å². The van der Waals surface area contributed by atoms with E-state index in [1.165, 1.54) is 0 Å². The molecule has 0 saturated heterocycles. The third-order valence-electron chi connectivity index (χ3n) is 5.75. The molecule has 1 atom stereocenters. The van der Waals surface area contributed by atoms with E-state index in [0.29, 0.717) is 32.5 Å². The standard InChI is InChI=1S/C29H33BrN2O4/c1-3-31-29(34)27(20-22-8-5-4-6-9-22)32(21-23-11-13-24(30)14-12-23)28(33)10-7-19-36-26-17-15-25(35-2)16-18-26/h4-6,8-9,11-18,27H,3,7,10,19-21H2,1-2H3,(H,31,34). The highest BCUT2D eigenvalue weighted by atomic mass is 79.9. The van der Waals surface area contributed by atoms with Crippen molar-refractivity contribution in [3.63, 3.8) is 0 Å². The third kappa shape index (κ3) is 8.41. The molecule has 0 heterocycles. The molecule has 1 N–H and O–H groups in total. The molecular formula is C29H33BrN2O4. The Balaban J connectivity index is 1.73. The Hall–Kier alpha value is -3.32. The molecule has 0 aliphatic heterocycles. The summed E-state index contributed by atoms with van der Waals surface area (Å²) < 4.78 is 11.9. The Morgan fingerprint density at radius 2 is 1.58 bits per heavy atom. The van der Waals surface area contributed by atoms with Crippen molar-refractivity contribution in [3.8, 4) is 11.5 Å². The van der Waals surface area contributed by atoms with Crippen LogP contribution in [-0.4, -0.2) is 43.0 Å². The zero-order valence-electron chi connectivity index (χ0n) is 20.8. The van der Waals surface area contributed by atoms with E-state index in [1.54, 1.807) is 12.0 Å². The van der Waals surface area contributed by atoms with Crippen LogP contribution in [0.3, 0.4) is 0 Å². The van der Waals surface area contributed by atoms with Gasteiger partial charge in [0.25, 0.3) is 0 Å². The van der Waals surface area contributed by atoms with E-state index < -0.39 is 6.04 Å². The first-order valence-corrected chi connectivity index (χ1v) is 12.9. The summed E-state index contributed by atoms with van der Waals surface area (Å²) in [6.45, 7) is 3.13. The minimum atomic E-state index is -0.619. The van der Waals surface area contributed by atoms with E-state index in [9.17, 15) is 9.59 Å². The van der Waals surface area contributed by atoms with E-state index in [0.717, 1.165) is 27.1 Å². The average molecular weight is 553 g/mol. The van der Waals surface area contributed by atoms with Crippen molar-refractivity contribution in [2.75, 3.05) is 20.3 Å². The number of rotatable bonds is 13. The van der Waals surface area contributed by atoms with Gasteiger partial charge in [0.15, 0.2) is 0 Å². The van der Waals surface area contributed by atoms with Gasteiger partial charge in [-0.05, 0) is 60.9 Å². The van der Waals surface area contributed by atoms with Crippen LogP contribution in [0.4, 0.5) is 0 Å². The number of hydrogen-bond acceptors (Lipinski definition) is 4. The molecule has 0 saturated carbocycles. The maximum Gasteiger partial charge on any atom is 0.243 e. The van der Waals surface area contributed by atoms with Crippen molar-refractivity contribution in [3.05, 3.63) is 94.5 Å². The molecule has 3 aromatic carbocycles. The number of hydrogen-bond donors (Lipinski definition) is 1. The van der Waals surface area contributed by atoms with Crippen LogP contribution in [0.15, 0.2) is 83.3 Å². The highest BCUT2D eigenvalue weighted by Crippen LogP contribution is 2.20. The van der Waals surface area contributed by atoms with Crippen LogP contribution in [-0.2, 0) is 22.6 Å². The van der Waals surface area contributed by atoms with Crippen molar-refractivity contribution in [2.24, 2.45) is 0 Å². The van der Waals surface area contributed by atoms with Gasteiger partial charge in [0.05, 0.1) is 13.7 Å². The van der Waals surface area contributed by atoms with E-state index in [4.69, 9.17) is 9.47 Å². The molecule has 0 aliphatic rings. The highest BCUT2D eigenvalue weighted by molar-refractivity contribution is 9.10. The SMILES string of the molecule is CCNC(=O)C(Cc1ccccc1)N(Cc1ccc(Br)cc1)C(=O)CCCOc1ccc(OC)cc1. The normalized spacial score (nSPS) is 11.4. The molecule has 6 nitrogen and oxygen atoms in total. The number of ether oxygens (including phenoxy) is 2. The summed E-state index contributed by atoms with van der Waals surface area (Å²) in [6.07, 6.45) is 1.25. The third-order valence-corrected chi connectivity index (χ3v) is 6.28. The van der Waals surface area contributed by atoms with Gasteiger partial charge >= 0.3 is 0 Å². The summed E-state index contributed by atoms with van der Waals surface area (Å²) in [7, 11) is 1.62. The largest absolute Gasteiger partial charge is 0.497 e. The van der Waals surface area contributed by atoms with Crippen molar-refractivity contribution < 1.29 is 19.1 Å². The Morgan fingerprint density at radius 1 is 0.917 bits per heavy atom. The molecule has 2 amide bonds. The van der Waals surface area contributed by atoms with Crippen molar-refractivity contribution in [1.29, 1.82) is 0 Å². The van der Waals surface area contributed by atoms with E-state index in [-0.39, 0.29) is 18.2 Å². The summed E-state index contributed by atoms with van der Waals surface area (Å²) in [5.41, 5.74) is 1.97. The fourth-order valence-corrected chi connectivity index (χ4v) is 4.13. The lowest BCUT2D eigenvalue weighted by Crippen LogP contribution is -2.50.